The lowest BCUT2D eigenvalue weighted by Crippen LogP contribution is -2.41. The van der Waals surface area contributed by atoms with Gasteiger partial charge in [-0.25, -0.2) is 9.59 Å². The van der Waals surface area contributed by atoms with Crippen LogP contribution in [0.5, 0.6) is 0 Å². The normalized spacial score (nSPS) is 11.2. The number of ether oxygens (including phenoxy) is 1. The Morgan fingerprint density at radius 2 is 1.58 bits per heavy atom. The van der Waals surface area contributed by atoms with E-state index in [1.165, 1.54) is 7.05 Å². The van der Waals surface area contributed by atoms with Gasteiger partial charge in [-0.3, -0.25) is 10.1 Å². The molecular formula is C19H21N3O4. The van der Waals surface area contributed by atoms with Crippen molar-refractivity contribution in [2.24, 2.45) is 0 Å². The summed E-state index contributed by atoms with van der Waals surface area (Å²) in [6, 6.07) is 14.6. The van der Waals surface area contributed by atoms with Crippen LogP contribution in [-0.4, -0.2) is 39.1 Å². The molecular weight excluding hydrogens is 334 g/mol. The minimum atomic E-state index is -1.24. The quantitative estimate of drug-likeness (QED) is 0.802. The first-order chi connectivity index (χ1) is 12.4. The number of esters is 1. The molecule has 0 radical (unpaired) electrons. The van der Waals surface area contributed by atoms with Crippen molar-refractivity contribution < 1.29 is 19.1 Å². The molecule has 2 aromatic carbocycles. The molecule has 0 aliphatic rings. The molecule has 0 saturated carbocycles. The van der Waals surface area contributed by atoms with Crippen molar-refractivity contribution >= 4 is 23.6 Å². The molecule has 0 saturated heterocycles. The van der Waals surface area contributed by atoms with E-state index >= 15 is 0 Å². The van der Waals surface area contributed by atoms with Crippen LogP contribution >= 0.6 is 0 Å². The predicted molar refractivity (Wildman–Crippen MR) is 98.0 cm³/mol. The molecule has 136 valence electrons. The summed E-state index contributed by atoms with van der Waals surface area (Å²) in [5.74, 6) is -1.38. The van der Waals surface area contributed by atoms with Gasteiger partial charge in [0.05, 0.1) is 5.56 Å². The maximum atomic E-state index is 12.5. The highest BCUT2D eigenvalue weighted by Crippen LogP contribution is 2.20. The summed E-state index contributed by atoms with van der Waals surface area (Å²) in [5, 5.41) is 4.42. The molecule has 2 rings (SSSR count). The summed E-state index contributed by atoms with van der Waals surface area (Å²) in [6.45, 7) is 0. The van der Waals surface area contributed by atoms with Gasteiger partial charge in [-0.1, -0.05) is 30.3 Å². The number of carbonyl (C=O) groups is 3. The van der Waals surface area contributed by atoms with Crippen molar-refractivity contribution in [3.05, 3.63) is 65.7 Å². The molecule has 0 aliphatic heterocycles. The van der Waals surface area contributed by atoms with E-state index < -0.39 is 24.0 Å². The third kappa shape index (κ3) is 4.83. The number of nitrogens with one attached hydrogen (secondary N) is 2. The van der Waals surface area contributed by atoms with Gasteiger partial charge in [-0.15, -0.1) is 0 Å². The number of nitrogens with zero attached hydrogens (tertiary/aromatic N) is 1. The van der Waals surface area contributed by atoms with Gasteiger partial charge in [0.1, 0.15) is 0 Å². The highest BCUT2D eigenvalue weighted by Gasteiger charge is 2.26. The number of amides is 3. The molecule has 2 N–H and O–H groups in total. The summed E-state index contributed by atoms with van der Waals surface area (Å²) in [6.07, 6.45) is -1.24. The van der Waals surface area contributed by atoms with E-state index in [0.717, 1.165) is 5.69 Å². The largest absolute Gasteiger partial charge is 0.444 e. The highest BCUT2D eigenvalue weighted by atomic mass is 16.5. The Balaban J connectivity index is 2.21. The minimum Gasteiger partial charge on any atom is -0.444 e. The van der Waals surface area contributed by atoms with Gasteiger partial charge >= 0.3 is 12.0 Å². The first-order valence-electron chi connectivity index (χ1n) is 7.98. The van der Waals surface area contributed by atoms with E-state index in [-0.39, 0.29) is 0 Å². The smallest absolute Gasteiger partial charge is 0.339 e. The number of urea groups is 1. The Morgan fingerprint density at radius 3 is 2.12 bits per heavy atom. The molecule has 0 bridgehead atoms. The summed E-state index contributed by atoms with van der Waals surface area (Å²) < 4.78 is 5.39. The van der Waals surface area contributed by atoms with Crippen LogP contribution < -0.4 is 15.5 Å². The first kappa shape index (κ1) is 19.0. The Bertz CT molecular complexity index is 773. The average Bonchev–Trinajstić information content (AvgIpc) is 2.66. The summed E-state index contributed by atoms with van der Waals surface area (Å²) in [4.78, 5) is 38.1. The Hall–Kier alpha value is -3.35. The number of rotatable bonds is 5. The van der Waals surface area contributed by atoms with Gasteiger partial charge in [0.25, 0.3) is 5.91 Å². The zero-order chi connectivity index (χ0) is 19.1. The fourth-order valence-electron chi connectivity index (χ4n) is 2.21. The van der Waals surface area contributed by atoms with Crippen LogP contribution in [0.25, 0.3) is 0 Å². The molecule has 0 aromatic heterocycles. The van der Waals surface area contributed by atoms with Gasteiger partial charge in [0.15, 0.2) is 0 Å². The van der Waals surface area contributed by atoms with Crippen LogP contribution in [0.1, 0.15) is 22.0 Å². The molecule has 7 heteroatoms. The summed E-state index contributed by atoms with van der Waals surface area (Å²) in [5.41, 5.74) is 1.70. The fraction of sp³-hybridized carbons (Fsp3) is 0.211. The third-order valence-corrected chi connectivity index (χ3v) is 3.65. The van der Waals surface area contributed by atoms with Gasteiger partial charge in [-0.05, 0) is 24.3 Å². The highest BCUT2D eigenvalue weighted by molar-refractivity contribution is 5.99. The predicted octanol–water partition coefficient (Wildman–Crippen LogP) is 2.11. The Labute approximate surface area is 152 Å². The van der Waals surface area contributed by atoms with E-state index in [9.17, 15) is 14.4 Å². The fourth-order valence-corrected chi connectivity index (χ4v) is 2.21. The third-order valence-electron chi connectivity index (χ3n) is 3.65. The van der Waals surface area contributed by atoms with Crippen molar-refractivity contribution in [2.75, 3.05) is 26.0 Å². The molecule has 7 nitrogen and oxygen atoms in total. The molecule has 0 aliphatic carbocycles. The van der Waals surface area contributed by atoms with Gasteiger partial charge < -0.3 is 15.0 Å². The van der Waals surface area contributed by atoms with Crippen molar-refractivity contribution in [2.45, 2.75) is 6.10 Å². The lowest BCUT2D eigenvalue weighted by molar-refractivity contribution is -0.129. The van der Waals surface area contributed by atoms with E-state index in [1.54, 1.807) is 54.6 Å². The first-order valence-corrected chi connectivity index (χ1v) is 7.98. The van der Waals surface area contributed by atoms with Crippen molar-refractivity contribution in [3.8, 4) is 0 Å². The van der Waals surface area contributed by atoms with Gasteiger partial charge in [0.2, 0.25) is 6.10 Å². The monoisotopic (exact) mass is 355 g/mol. The van der Waals surface area contributed by atoms with Crippen LogP contribution in [-0.2, 0) is 9.53 Å². The molecule has 0 heterocycles. The second-order valence-corrected chi connectivity index (χ2v) is 5.71. The number of carbonyl (C=O) groups excluding carboxylic acids is 3. The average molecular weight is 355 g/mol. The van der Waals surface area contributed by atoms with E-state index in [2.05, 4.69) is 10.6 Å². The number of hydrogen-bond acceptors (Lipinski definition) is 5. The maximum absolute atomic E-state index is 12.5. The second-order valence-electron chi connectivity index (χ2n) is 5.71. The van der Waals surface area contributed by atoms with Crippen LogP contribution in [0.4, 0.5) is 10.5 Å². The van der Waals surface area contributed by atoms with Crippen LogP contribution in [0, 0.1) is 0 Å². The zero-order valence-corrected chi connectivity index (χ0v) is 14.9. The lowest BCUT2D eigenvalue weighted by atomic mass is 10.1. The standard InChI is InChI=1S/C19H21N3O4/c1-20-19(25)21-17(23)16(13-7-5-4-6-8-13)26-18(24)14-9-11-15(12-10-14)22(2)3/h4-12,16H,1-3H3,(H2,20,21,23,25)/t16-/m0/s1. The van der Waals surface area contributed by atoms with Crippen LogP contribution in [0.3, 0.4) is 0 Å². The van der Waals surface area contributed by atoms with Crippen LogP contribution in [0.15, 0.2) is 54.6 Å². The van der Waals surface area contributed by atoms with Crippen molar-refractivity contribution in [1.82, 2.24) is 10.6 Å². The van der Waals surface area contributed by atoms with Crippen LogP contribution in [0.2, 0.25) is 0 Å². The topological polar surface area (TPSA) is 87.7 Å². The van der Waals surface area contributed by atoms with Crippen molar-refractivity contribution in [1.29, 1.82) is 0 Å². The molecule has 2 aromatic rings. The van der Waals surface area contributed by atoms with E-state index in [0.29, 0.717) is 11.1 Å². The SMILES string of the molecule is CNC(=O)NC(=O)[C@@H](OC(=O)c1ccc(N(C)C)cc1)c1ccccc1. The number of hydrogen-bond donors (Lipinski definition) is 2. The van der Waals surface area contributed by atoms with E-state index in [4.69, 9.17) is 4.74 Å². The molecule has 0 fully saturated rings. The molecule has 1 atom stereocenters. The Kier molecular flexibility index (Phi) is 6.32. The summed E-state index contributed by atoms with van der Waals surface area (Å²) >= 11 is 0. The van der Waals surface area contributed by atoms with Crippen molar-refractivity contribution in [3.63, 3.8) is 0 Å². The van der Waals surface area contributed by atoms with Gasteiger partial charge in [0, 0.05) is 32.4 Å². The Morgan fingerprint density at radius 1 is 0.962 bits per heavy atom. The second kappa shape index (κ2) is 8.66. The number of benzene rings is 2. The molecule has 0 spiro atoms. The number of anilines is 1. The number of imide groups is 1. The maximum Gasteiger partial charge on any atom is 0.339 e. The molecule has 0 unspecified atom stereocenters. The van der Waals surface area contributed by atoms with E-state index in [1.807, 2.05) is 19.0 Å². The lowest BCUT2D eigenvalue weighted by Gasteiger charge is -2.18. The van der Waals surface area contributed by atoms with Gasteiger partial charge in [-0.2, -0.15) is 0 Å². The summed E-state index contributed by atoms with van der Waals surface area (Å²) in [7, 11) is 5.17. The minimum absolute atomic E-state index is 0.310. The zero-order valence-electron chi connectivity index (χ0n) is 14.9. The molecule has 26 heavy (non-hydrogen) atoms. The molecule has 3 amide bonds.